The molecule has 0 atom stereocenters. The van der Waals surface area contributed by atoms with Crippen LogP contribution in [-0.4, -0.2) is 39.0 Å². The van der Waals surface area contributed by atoms with E-state index in [0.29, 0.717) is 5.11 Å². The number of aromatic nitrogens is 2. The third-order valence-corrected chi connectivity index (χ3v) is 3.50. The molecule has 1 N–H and O–H groups in total. The van der Waals surface area contributed by atoms with Crippen molar-refractivity contribution in [2.75, 3.05) is 13.1 Å². The number of hydrogen-bond acceptors (Lipinski definition) is 4. The lowest BCUT2D eigenvalue weighted by Gasteiger charge is -2.22. The predicted octanol–water partition coefficient (Wildman–Crippen LogP) is 1.95. The molecule has 0 unspecified atom stereocenters. The summed E-state index contributed by atoms with van der Waals surface area (Å²) in [6, 6.07) is 3.72. The maximum Gasteiger partial charge on any atom is 0.189 e. The topological polar surface area (TPSA) is 53.4 Å². The van der Waals surface area contributed by atoms with Crippen molar-refractivity contribution in [3.63, 3.8) is 0 Å². The van der Waals surface area contributed by atoms with Crippen LogP contribution in [-0.2, 0) is 0 Å². The average molecular weight is 277 g/mol. The first-order chi connectivity index (χ1) is 9.27. The molecule has 1 aliphatic heterocycles. The molecule has 0 bridgehead atoms. The summed E-state index contributed by atoms with van der Waals surface area (Å²) < 4.78 is 0. The van der Waals surface area contributed by atoms with Gasteiger partial charge in [0.05, 0.1) is 5.71 Å². The van der Waals surface area contributed by atoms with E-state index in [1.54, 1.807) is 6.20 Å². The van der Waals surface area contributed by atoms with Crippen molar-refractivity contribution in [1.29, 1.82) is 0 Å². The fourth-order valence-electron chi connectivity index (χ4n) is 2.03. The van der Waals surface area contributed by atoms with E-state index in [1.165, 1.54) is 25.7 Å². The Balaban J connectivity index is 1.91. The summed E-state index contributed by atoms with van der Waals surface area (Å²) in [5.41, 5.74) is 4.50. The number of nitrogens with one attached hydrogen (secondary N) is 1. The molecule has 1 aromatic heterocycles. The van der Waals surface area contributed by atoms with E-state index < -0.39 is 0 Å². The summed E-state index contributed by atoms with van der Waals surface area (Å²) in [6.07, 6.45) is 6.64. The van der Waals surface area contributed by atoms with E-state index in [0.717, 1.165) is 24.5 Å². The number of hydrogen-bond donors (Lipinski definition) is 1. The second-order valence-electron chi connectivity index (χ2n) is 4.62. The van der Waals surface area contributed by atoms with E-state index in [2.05, 4.69) is 25.6 Å². The van der Waals surface area contributed by atoms with Gasteiger partial charge in [-0.1, -0.05) is 12.8 Å². The van der Waals surface area contributed by atoms with Crippen LogP contribution in [0.1, 0.15) is 38.3 Å². The number of nitrogens with zero attached hydrogens (tertiary/aromatic N) is 4. The van der Waals surface area contributed by atoms with Gasteiger partial charge >= 0.3 is 0 Å². The largest absolute Gasteiger partial charge is 0.348 e. The molecule has 0 aromatic carbocycles. The van der Waals surface area contributed by atoms with Crippen molar-refractivity contribution in [2.45, 2.75) is 32.6 Å². The van der Waals surface area contributed by atoms with Crippen LogP contribution in [0.3, 0.4) is 0 Å². The van der Waals surface area contributed by atoms with Crippen molar-refractivity contribution >= 4 is 23.0 Å². The summed E-state index contributed by atoms with van der Waals surface area (Å²) in [4.78, 5) is 2.19. The second kappa shape index (κ2) is 7.13. The van der Waals surface area contributed by atoms with E-state index in [4.69, 9.17) is 12.2 Å². The van der Waals surface area contributed by atoms with Crippen LogP contribution in [0.2, 0.25) is 0 Å². The van der Waals surface area contributed by atoms with Gasteiger partial charge in [0.15, 0.2) is 5.11 Å². The van der Waals surface area contributed by atoms with Gasteiger partial charge in [-0.3, -0.25) is 5.43 Å². The van der Waals surface area contributed by atoms with Gasteiger partial charge in [-0.25, -0.2) is 0 Å². The lowest BCUT2D eigenvalue weighted by atomic mass is 10.2. The highest BCUT2D eigenvalue weighted by Gasteiger charge is 2.11. The maximum atomic E-state index is 5.37. The molecule has 1 saturated heterocycles. The minimum Gasteiger partial charge on any atom is -0.348 e. The quantitative estimate of drug-likeness (QED) is 0.509. The molecule has 0 saturated carbocycles. The lowest BCUT2D eigenvalue weighted by molar-refractivity contribution is 0.428. The van der Waals surface area contributed by atoms with Gasteiger partial charge in [0.2, 0.25) is 0 Å². The first kappa shape index (κ1) is 13.9. The average Bonchev–Trinajstić information content (AvgIpc) is 2.74. The van der Waals surface area contributed by atoms with Crippen LogP contribution >= 0.6 is 12.2 Å². The zero-order chi connectivity index (χ0) is 13.5. The molecule has 19 heavy (non-hydrogen) atoms. The molecular formula is C13H19N5S. The van der Waals surface area contributed by atoms with Crippen LogP contribution in [0.15, 0.2) is 23.4 Å². The highest BCUT2D eigenvalue weighted by Crippen LogP contribution is 2.09. The SMILES string of the molecule is C/C(=N/NC(=S)N1CCCCCC1)c1cccnn1. The highest BCUT2D eigenvalue weighted by molar-refractivity contribution is 7.80. The Kier molecular flexibility index (Phi) is 5.20. The molecule has 0 spiro atoms. The normalized spacial score (nSPS) is 16.9. The van der Waals surface area contributed by atoms with Gasteiger partial charge in [0.25, 0.3) is 0 Å². The fraction of sp³-hybridized carbons (Fsp3) is 0.538. The van der Waals surface area contributed by atoms with Crippen LogP contribution in [0.25, 0.3) is 0 Å². The molecule has 102 valence electrons. The minimum absolute atomic E-state index is 0.699. The van der Waals surface area contributed by atoms with E-state index in [1.807, 2.05) is 19.1 Å². The monoisotopic (exact) mass is 277 g/mol. The summed E-state index contributed by atoms with van der Waals surface area (Å²) in [5.74, 6) is 0. The number of likely N-dealkylation sites (tertiary alicyclic amines) is 1. The smallest absolute Gasteiger partial charge is 0.189 e. The van der Waals surface area contributed by atoms with Crippen molar-refractivity contribution < 1.29 is 0 Å². The number of rotatable bonds is 2. The zero-order valence-corrected chi connectivity index (χ0v) is 12.0. The van der Waals surface area contributed by atoms with Crippen LogP contribution in [0.4, 0.5) is 0 Å². The molecule has 2 heterocycles. The van der Waals surface area contributed by atoms with Crippen LogP contribution < -0.4 is 5.43 Å². The number of thiocarbonyl (C=S) groups is 1. The Morgan fingerprint density at radius 2 is 2.05 bits per heavy atom. The first-order valence-electron chi connectivity index (χ1n) is 6.64. The highest BCUT2D eigenvalue weighted by atomic mass is 32.1. The van der Waals surface area contributed by atoms with Gasteiger partial charge in [-0.15, -0.1) is 5.10 Å². The summed E-state index contributed by atoms with van der Waals surface area (Å²) in [5, 5.41) is 12.8. The van der Waals surface area contributed by atoms with Gasteiger partial charge in [0, 0.05) is 19.3 Å². The summed E-state index contributed by atoms with van der Waals surface area (Å²) >= 11 is 5.37. The molecule has 1 aromatic rings. The third kappa shape index (κ3) is 4.24. The predicted molar refractivity (Wildman–Crippen MR) is 80.0 cm³/mol. The molecule has 1 fully saturated rings. The van der Waals surface area contributed by atoms with Gasteiger partial charge in [-0.2, -0.15) is 10.2 Å². The van der Waals surface area contributed by atoms with Crippen molar-refractivity contribution in [3.8, 4) is 0 Å². The Morgan fingerprint density at radius 1 is 1.32 bits per heavy atom. The third-order valence-electron chi connectivity index (χ3n) is 3.16. The van der Waals surface area contributed by atoms with Gasteiger partial charge < -0.3 is 4.90 Å². The molecule has 2 rings (SSSR count). The number of hydrazone groups is 1. The molecule has 0 aliphatic carbocycles. The van der Waals surface area contributed by atoms with Crippen LogP contribution in [0.5, 0.6) is 0 Å². The molecule has 0 amide bonds. The van der Waals surface area contributed by atoms with Crippen molar-refractivity contribution in [2.24, 2.45) is 5.10 Å². The van der Waals surface area contributed by atoms with Gasteiger partial charge in [0.1, 0.15) is 5.69 Å². The molecule has 6 heteroatoms. The van der Waals surface area contributed by atoms with Crippen LogP contribution in [0, 0.1) is 0 Å². The summed E-state index contributed by atoms with van der Waals surface area (Å²) in [6.45, 7) is 3.93. The zero-order valence-electron chi connectivity index (χ0n) is 11.2. The Hall–Kier alpha value is -1.56. The standard InChI is InChI=1S/C13H19N5S/c1-11(12-7-6-8-14-16-12)15-17-13(19)18-9-4-2-3-5-10-18/h6-8H,2-5,9-10H2,1H3,(H,17,19)/b15-11-. The molecule has 5 nitrogen and oxygen atoms in total. The van der Waals surface area contributed by atoms with E-state index >= 15 is 0 Å². The first-order valence-corrected chi connectivity index (χ1v) is 7.05. The Labute approximate surface area is 119 Å². The van der Waals surface area contributed by atoms with Crippen molar-refractivity contribution in [3.05, 3.63) is 24.0 Å². The van der Waals surface area contributed by atoms with Gasteiger partial charge in [-0.05, 0) is 44.1 Å². The maximum absolute atomic E-state index is 5.37. The molecular weight excluding hydrogens is 258 g/mol. The van der Waals surface area contributed by atoms with E-state index in [9.17, 15) is 0 Å². The van der Waals surface area contributed by atoms with E-state index in [-0.39, 0.29) is 0 Å². The Bertz CT molecular complexity index is 438. The fourth-order valence-corrected chi connectivity index (χ4v) is 2.26. The van der Waals surface area contributed by atoms with Crippen molar-refractivity contribution in [1.82, 2.24) is 20.5 Å². The minimum atomic E-state index is 0.699. The second-order valence-corrected chi connectivity index (χ2v) is 5.01. The lowest BCUT2D eigenvalue weighted by Crippen LogP contribution is -2.38. The Morgan fingerprint density at radius 3 is 2.68 bits per heavy atom. The summed E-state index contributed by atoms with van der Waals surface area (Å²) in [7, 11) is 0. The molecule has 0 radical (unpaired) electrons. The molecule has 1 aliphatic rings.